The van der Waals surface area contributed by atoms with Gasteiger partial charge in [0.1, 0.15) is 0 Å². The van der Waals surface area contributed by atoms with Gasteiger partial charge in [0.2, 0.25) is 0 Å². The summed E-state index contributed by atoms with van der Waals surface area (Å²) in [6.07, 6.45) is 20.2. The van der Waals surface area contributed by atoms with E-state index in [2.05, 4.69) is 13.8 Å². The number of ketones is 2. The van der Waals surface area contributed by atoms with Crippen LogP contribution >= 0.6 is 0 Å². The molecule has 0 aliphatic rings. The molecule has 0 heterocycles. The molecule has 0 unspecified atom stereocenters. The standard InChI is InChI=1S/2C8H17.2C5H8O2.Sn/c2*1-3-5-7-8-6-4-2;2*1-4(6)3-5(2)7;/h2*1,3-8H2,2H3;2*3,6H,1-2H3;/b;;2*4-3-;. The Hall–Kier alpha value is -0.781. The molecule has 2 N–H and O–H groups in total. The topological polar surface area (TPSA) is 74.6 Å². The Morgan fingerprint density at radius 3 is 1.10 bits per heavy atom. The molecule has 0 fully saturated rings. The van der Waals surface area contributed by atoms with E-state index in [1.54, 1.807) is 21.7 Å². The molecule has 0 aliphatic heterocycles. The maximum atomic E-state index is 10.0. The fraction of sp³-hybridized carbons (Fsp3) is 0.769. The van der Waals surface area contributed by atoms with Gasteiger partial charge in [-0.25, -0.2) is 0 Å². The second-order valence-corrected chi connectivity index (χ2v) is 12.4. The molecule has 5 heteroatoms. The van der Waals surface area contributed by atoms with E-state index >= 15 is 0 Å². The first kappa shape index (κ1) is 34.8. The first-order chi connectivity index (χ1) is 14.7. The first-order valence-electron chi connectivity index (χ1n) is 12.1. The maximum absolute atomic E-state index is 10.0. The van der Waals surface area contributed by atoms with Gasteiger partial charge in [0, 0.05) is 12.2 Å². The Labute approximate surface area is 203 Å². The molecule has 0 atom stereocenters. The molecular weight excluding hydrogens is 495 g/mol. The zero-order valence-electron chi connectivity index (χ0n) is 21.3. The van der Waals surface area contributed by atoms with E-state index in [-0.39, 0.29) is 44.2 Å². The molecule has 0 amide bonds. The molecule has 2 radical (unpaired) electrons. The summed E-state index contributed by atoms with van der Waals surface area (Å²) in [4.78, 5) is 20.0. The molecule has 4 nitrogen and oxygen atoms in total. The van der Waals surface area contributed by atoms with Crippen LogP contribution in [0.5, 0.6) is 0 Å². The second-order valence-electron chi connectivity index (χ2n) is 8.08. The summed E-state index contributed by atoms with van der Waals surface area (Å²) < 4.78 is 3.31. The van der Waals surface area contributed by atoms with Crippen LogP contribution in [0.3, 0.4) is 0 Å². The van der Waals surface area contributed by atoms with Gasteiger partial charge in [0.05, 0.1) is 11.5 Å². The van der Waals surface area contributed by atoms with Gasteiger partial charge < -0.3 is 10.2 Å². The number of rotatable bonds is 16. The van der Waals surface area contributed by atoms with E-state index < -0.39 is 0 Å². The van der Waals surface area contributed by atoms with Crippen LogP contribution in [-0.4, -0.2) is 42.9 Å². The van der Waals surface area contributed by atoms with Gasteiger partial charge in [0.25, 0.3) is 0 Å². The number of carbonyl (C=O) groups excluding carboxylic acids is 2. The quantitative estimate of drug-likeness (QED) is 0.0885. The van der Waals surface area contributed by atoms with Crippen molar-refractivity contribution in [3.8, 4) is 0 Å². The van der Waals surface area contributed by atoms with Crippen molar-refractivity contribution in [2.45, 2.75) is 127 Å². The van der Waals surface area contributed by atoms with Gasteiger partial charge in [-0.1, -0.05) is 0 Å². The molecule has 0 aliphatic carbocycles. The number of allylic oxidation sites excluding steroid dienone is 4. The third-order valence-electron chi connectivity index (χ3n) is 4.24. The summed E-state index contributed by atoms with van der Waals surface area (Å²) in [7, 11) is 0. The fourth-order valence-electron chi connectivity index (χ4n) is 2.77. The molecule has 0 aromatic heterocycles. The molecule has 0 saturated heterocycles. The van der Waals surface area contributed by atoms with Crippen LogP contribution in [0.1, 0.15) is 119 Å². The van der Waals surface area contributed by atoms with Crippen molar-refractivity contribution in [2.24, 2.45) is 0 Å². The Morgan fingerprint density at radius 2 is 0.871 bits per heavy atom. The predicted octanol–water partition coefficient (Wildman–Crippen LogP) is 8.32. The average molecular weight is 545 g/mol. The Bertz CT molecular complexity index is 420. The van der Waals surface area contributed by atoms with E-state index in [9.17, 15) is 9.59 Å². The van der Waals surface area contributed by atoms with Crippen molar-refractivity contribution in [1.82, 2.24) is 0 Å². The molecule has 0 spiro atoms. The Balaban J connectivity index is -0.000000460. The third kappa shape index (κ3) is 48.1. The summed E-state index contributed by atoms with van der Waals surface area (Å²) in [5.74, 6) is -0.125. The normalized spacial score (nSPS) is 11.2. The summed E-state index contributed by atoms with van der Waals surface area (Å²) in [6.45, 7) is 10.3. The molecule has 0 aromatic carbocycles. The van der Waals surface area contributed by atoms with Gasteiger partial charge in [-0.3, -0.25) is 9.59 Å². The van der Waals surface area contributed by atoms with Crippen molar-refractivity contribution in [3.05, 3.63) is 23.7 Å². The van der Waals surface area contributed by atoms with Crippen LogP contribution in [-0.2, 0) is 9.59 Å². The molecule has 0 aromatic rings. The van der Waals surface area contributed by atoms with Gasteiger partial charge in [-0.15, -0.1) is 0 Å². The monoisotopic (exact) mass is 546 g/mol. The zero-order chi connectivity index (χ0) is 24.3. The zero-order valence-corrected chi connectivity index (χ0v) is 24.1. The van der Waals surface area contributed by atoms with Gasteiger partial charge in [0.15, 0.2) is 11.6 Å². The molecule has 182 valence electrons. The number of aliphatic hydroxyl groups excluding tert-OH is 2. The van der Waals surface area contributed by atoms with Crippen molar-refractivity contribution in [3.63, 3.8) is 0 Å². The van der Waals surface area contributed by atoms with Crippen LogP contribution < -0.4 is 0 Å². The number of unbranched alkanes of at least 4 members (excludes halogenated alkanes) is 10. The van der Waals surface area contributed by atoms with Gasteiger partial charge >= 0.3 is 121 Å². The number of hydrogen-bond acceptors (Lipinski definition) is 4. The van der Waals surface area contributed by atoms with Crippen molar-refractivity contribution in [2.75, 3.05) is 0 Å². The molecule has 0 rings (SSSR count). The van der Waals surface area contributed by atoms with Crippen molar-refractivity contribution >= 4 is 32.7 Å². The number of hydrogen-bond donors (Lipinski definition) is 2. The van der Waals surface area contributed by atoms with Crippen LogP contribution in [0, 0.1) is 0 Å². The van der Waals surface area contributed by atoms with Crippen molar-refractivity contribution in [1.29, 1.82) is 0 Å². The van der Waals surface area contributed by atoms with Crippen LogP contribution in [0.15, 0.2) is 23.7 Å². The predicted molar refractivity (Wildman–Crippen MR) is 136 cm³/mol. The summed E-state index contributed by atoms with van der Waals surface area (Å²) >= 11 is 0.0736. The first-order valence-corrected chi connectivity index (χ1v) is 16.2. The van der Waals surface area contributed by atoms with Crippen molar-refractivity contribution < 1.29 is 19.8 Å². The van der Waals surface area contributed by atoms with E-state index in [0.717, 1.165) is 0 Å². The second kappa shape index (κ2) is 29.2. The van der Waals surface area contributed by atoms with E-state index in [1.165, 1.54) is 104 Å². The summed E-state index contributed by atoms with van der Waals surface area (Å²) in [5.41, 5.74) is 0. The average Bonchev–Trinajstić information content (AvgIpc) is 2.64. The summed E-state index contributed by atoms with van der Waals surface area (Å²) in [6, 6.07) is 0. The summed E-state index contributed by atoms with van der Waals surface area (Å²) in [5, 5.41) is 16.7. The van der Waals surface area contributed by atoms with E-state index in [4.69, 9.17) is 10.2 Å². The Morgan fingerprint density at radius 1 is 0.581 bits per heavy atom. The minimum absolute atomic E-state index is 0.0625. The molecular formula is C26H50O4Sn. The third-order valence-corrected chi connectivity index (χ3v) is 8.27. The van der Waals surface area contributed by atoms with Crippen LogP contribution in [0.4, 0.5) is 0 Å². The van der Waals surface area contributed by atoms with E-state index in [1.807, 2.05) is 0 Å². The Kier molecular flexibility index (Phi) is 32.8. The van der Waals surface area contributed by atoms with Gasteiger partial charge in [-0.2, -0.15) is 0 Å². The number of aliphatic hydroxyl groups is 2. The van der Waals surface area contributed by atoms with E-state index in [0.29, 0.717) is 0 Å². The molecule has 0 bridgehead atoms. The fourth-order valence-corrected chi connectivity index (χ4v) is 6.34. The van der Waals surface area contributed by atoms with Crippen LogP contribution in [0.2, 0.25) is 8.87 Å². The molecule has 0 saturated carbocycles. The molecule has 31 heavy (non-hydrogen) atoms. The van der Waals surface area contributed by atoms with Crippen LogP contribution in [0.25, 0.3) is 0 Å². The SMILES string of the molecule is CC(=O)/C=C(/C)O.CC(=O)/C=C(/C)O.CCCCCCC[CH2][Sn][CH2]CCCCCCC. The number of carbonyl (C=O) groups is 2. The minimum atomic E-state index is -0.125. The van der Waals surface area contributed by atoms with Gasteiger partial charge in [-0.05, 0) is 27.7 Å².